The number of rotatable bonds is 7. The number of aliphatic hydroxyl groups excluding tert-OH is 1. The van der Waals surface area contributed by atoms with Gasteiger partial charge in [-0.2, -0.15) is 0 Å². The van der Waals surface area contributed by atoms with Crippen LogP contribution >= 0.6 is 0 Å². The van der Waals surface area contributed by atoms with Gasteiger partial charge in [-0.1, -0.05) is 45.5 Å². The monoisotopic (exact) mass is 458 g/mol. The summed E-state index contributed by atoms with van der Waals surface area (Å²) in [6, 6.07) is 8.05. The summed E-state index contributed by atoms with van der Waals surface area (Å²) < 4.78 is 6.80. The van der Waals surface area contributed by atoms with Gasteiger partial charge >= 0.3 is 11.9 Å². The number of pyridine rings is 1. The number of ether oxygens (including phenoxy) is 1. The molecule has 0 spiro atoms. The van der Waals surface area contributed by atoms with Crippen molar-refractivity contribution in [2.24, 2.45) is 5.92 Å². The van der Waals surface area contributed by atoms with Crippen molar-refractivity contribution < 1.29 is 24.5 Å². The quantitative estimate of drug-likeness (QED) is 0.276. The highest BCUT2D eigenvalue weighted by Gasteiger charge is 2.12. The number of benzene rings is 1. The van der Waals surface area contributed by atoms with Gasteiger partial charge in [-0.3, -0.25) is 4.79 Å². The summed E-state index contributed by atoms with van der Waals surface area (Å²) >= 11 is 0. The summed E-state index contributed by atoms with van der Waals surface area (Å²) in [4.78, 5) is 28.8. The fourth-order valence-corrected chi connectivity index (χ4v) is 2.69. The van der Waals surface area contributed by atoms with E-state index in [1.165, 1.54) is 6.92 Å². The number of carboxylic acid groups (broad SMARTS) is 1. The Morgan fingerprint density at radius 2 is 1.91 bits per heavy atom. The SMILES string of the molecule is C=C(C)C(=O)O.CC(C)Cn1cnc2c(N)nc3ccccc3c21.CCC(=O)OCCCO. The minimum Gasteiger partial charge on any atom is -0.478 e. The molecule has 4 N–H and O–H groups in total. The molecule has 0 atom stereocenters. The zero-order valence-corrected chi connectivity index (χ0v) is 19.7. The van der Waals surface area contributed by atoms with E-state index in [0.29, 0.717) is 31.2 Å². The number of hydrogen-bond donors (Lipinski definition) is 3. The smallest absolute Gasteiger partial charge is 0.330 e. The van der Waals surface area contributed by atoms with E-state index in [9.17, 15) is 9.59 Å². The maximum absolute atomic E-state index is 10.4. The van der Waals surface area contributed by atoms with Crippen LogP contribution in [-0.4, -0.2) is 49.9 Å². The van der Waals surface area contributed by atoms with Crippen molar-refractivity contribution >= 4 is 39.7 Å². The second-order valence-electron chi connectivity index (χ2n) is 7.74. The first-order valence-corrected chi connectivity index (χ1v) is 10.8. The molecule has 33 heavy (non-hydrogen) atoms. The van der Waals surface area contributed by atoms with Crippen LogP contribution in [0.15, 0.2) is 42.7 Å². The second kappa shape index (κ2) is 13.8. The molecule has 3 aromatic rings. The lowest BCUT2D eigenvalue weighted by Gasteiger charge is -2.09. The summed E-state index contributed by atoms with van der Waals surface area (Å²) in [6.07, 6.45) is 2.80. The number of nitrogens with two attached hydrogens (primary N) is 1. The zero-order chi connectivity index (χ0) is 25.0. The van der Waals surface area contributed by atoms with Crippen LogP contribution in [0, 0.1) is 5.92 Å². The Hall–Kier alpha value is -3.46. The van der Waals surface area contributed by atoms with Gasteiger partial charge < -0.3 is 25.3 Å². The second-order valence-corrected chi connectivity index (χ2v) is 7.74. The molecule has 9 heteroatoms. The summed E-state index contributed by atoms with van der Waals surface area (Å²) in [5, 5.41) is 17.3. The average molecular weight is 459 g/mol. The van der Waals surface area contributed by atoms with Gasteiger partial charge in [-0.05, 0) is 18.9 Å². The number of carbonyl (C=O) groups is 2. The lowest BCUT2D eigenvalue weighted by atomic mass is 10.1. The Kier molecular flexibility index (Phi) is 11.6. The van der Waals surface area contributed by atoms with Gasteiger partial charge in [-0.15, -0.1) is 0 Å². The number of carboxylic acids is 1. The third-order valence-corrected chi connectivity index (χ3v) is 4.26. The van der Waals surface area contributed by atoms with Crippen molar-refractivity contribution in [3.63, 3.8) is 0 Å². The van der Waals surface area contributed by atoms with Gasteiger partial charge in [-0.25, -0.2) is 14.8 Å². The van der Waals surface area contributed by atoms with Gasteiger partial charge in [0, 0.05) is 37.0 Å². The van der Waals surface area contributed by atoms with E-state index in [0.717, 1.165) is 28.5 Å². The Morgan fingerprint density at radius 3 is 2.45 bits per heavy atom. The van der Waals surface area contributed by atoms with Crippen LogP contribution in [0.4, 0.5) is 5.82 Å². The molecule has 0 aliphatic rings. The number of nitrogens with zero attached hydrogens (tertiary/aromatic N) is 3. The van der Waals surface area contributed by atoms with Crippen molar-refractivity contribution in [3.8, 4) is 0 Å². The van der Waals surface area contributed by atoms with Gasteiger partial charge in [0.2, 0.25) is 0 Å². The predicted molar refractivity (Wildman–Crippen MR) is 130 cm³/mol. The van der Waals surface area contributed by atoms with E-state index in [4.69, 9.17) is 15.9 Å². The number of aliphatic carboxylic acids is 1. The van der Waals surface area contributed by atoms with Crippen LogP contribution in [0.2, 0.25) is 0 Å². The molecule has 0 radical (unpaired) electrons. The molecular formula is C24H34N4O5. The van der Waals surface area contributed by atoms with Crippen LogP contribution < -0.4 is 5.73 Å². The molecule has 0 unspecified atom stereocenters. The summed E-state index contributed by atoms with van der Waals surface area (Å²) in [5.41, 5.74) is 8.97. The average Bonchev–Trinajstić information content (AvgIpc) is 3.18. The molecular weight excluding hydrogens is 424 g/mol. The normalized spacial score (nSPS) is 10.2. The van der Waals surface area contributed by atoms with Crippen LogP contribution in [-0.2, 0) is 20.9 Å². The molecule has 0 saturated carbocycles. The standard InChI is InChI=1S/C14H16N4.C6H12O3.C4H6O2/c1-9(2)7-18-8-16-12-13(18)10-5-3-4-6-11(10)17-14(12)15;1-2-6(8)9-5-3-4-7;1-3(2)4(5)6/h3-6,8-9H,7H2,1-2H3,(H2,15,17);7H,2-5H2,1H3;1H2,2H3,(H,5,6). The van der Waals surface area contributed by atoms with Crippen LogP contribution in [0.25, 0.3) is 21.9 Å². The minimum absolute atomic E-state index is 0.0804. The molecule has 0 bridgehead atoms. The number of esters is 1. The van der Waals surface area contributed by atoms with Gasteiger partial charge in [0.25, 0.3) is 0 Å². The fraction of sp³-hybridized carbons (Fsp3) is 0.417. The Labute approximate surface area is 193 Å². The predicted octanol–water partition coefficient (Wildman–Crippen LogP) is 3.79. The molecule has 0 fully saturated rings. The number of nitrogen functional groups attached to an aromatic ring is 1. The number of aromatic nitrogens is 3. The first-order valence-electron chi connectivity index (χ1n) is 10.8. The molecule has 0 aliphatic heterocycles. The molecule has 0 amide bonds. The highest BCUT2D eigenvalue weighted by atomic mass is 16.5. The van der Waals surface area contributed by atoms with Crippen molar-refractivity contribution in [1.29, 1.82) is 0 Å². The van der Waals surface area contributed by atoms with Crippen molar-refractivity contribution in [2.45, 2.75) is 47.1 Å². The van der Waals surface area contributed by atoms with E-state index in [1.54, 1.807) is 6.92 Å². The number of anilines is 1. The summed E-state index contributed by atoms with van der Waals surface area (Å²) in [7, 11) is 0. The maximum Gasteiger partial charge on any atom is 0.330 e. The van der Waals surface area contributed by atoms with Gasteiger partial charge in [0.1, 0.15) is 5.52 Å². The third kappa shape index (κ3) is 8.89. The molecule has 2 heterocycles. The van der Waals surface area contributed by atoms with Gasteiger partial charge in [0.05, 0.1) is 24.0 Å². The largest absolute Gasteiger partial charge is 0.478 e. The summed E-state index contributed by atoms with van der Waals surface area (Å²) in [6.45, 7) is 12.1. The number of fused-ring (bicyclic) bond motifs is 3. The van der Waals surface area contributed by atoms with Crippen LogP contribution in [0.3, 0.4) is 0 Å². The van der Waals surface area contributed by atoms with Crippen molar-refractivity contribution in [2.75, 3.05) is 18.9 Å². The van der Waals surface area contributed by atoms with Crippen LogP contribution in [0.1, 0.15) is 40.5 Å². The molecule has 0 aliphatic carbocycles. The lowest BCUT2D eigenvalue weighted by Crippen LogP contribution is -2.04. The lowest BCUT2D eigenvalue weighted by molar-refractivity contribution is -0.143. The highest BCUT2D eigenvalue weighted by Crippen LogP contribution is 2.27. The Bertz CT molecular complexity index is 1060. The highest BCUT2D eigenvalue weighted by molar-refractivity contribution is 6.06. The molecule has 3 rings (SSSR count). The zero-order valence-electron chi connectivity index (χ0n) is 19.7. The first kappa shape index (κ1) is 27.6. The van der Waals surface area contributed by atoms with E-state index < -0.39 is 5.97 Å². The van der Waals surface area contributed by atoms with Crippen molar-refractivity contribution in [1.82, 2.24) is 14.5 Å². The number of para-hydroxylation sites is 1. The topological polar surface area (TPSA) is 141 Å². The molecule has 1 aromatic carbocycles. The number of aliphatic hydroxyl groups is 1. The molecule has 0 saturated heterocycles. The number of carbonyl (C=O) groups excluding carboxylic acids is 1. The summed E-state index contributed by atoms with van der Waals surface area (Å²) in [5.74, 6) is -0.0693. The number of imidazole rings is 1. The Balaban J connectivity index is 0.000000306. The van der Waals surface area contributed by atoms with E-state index in [2.05, 4.69) is 45.8 Å². The van der Waals surface area contributed by atoms with Crippen molar-refractivity contribution in [3.05, 3.63) is 42.7 Å². The van der Waals surface area contributed by atoms with Gasteiger partial charge in [0.15, 0.2) is 5.82 Å². The van der Waals surface area contributed by atoms with E-state index in [-0.39, 0.29) is 18.1 Å². The molecule has 180 valence electrons. The van der Waals surface area contributed by atoms with E-state index >= 15 is 0 Å². The minimum atomic E-state index is -0.935. The first-order chi connectivity index (χ1) is 15.6. The van der Waals surface area contributed by atoms with Crippen LogP contribution in [0.5, 0.6) is 0 Å². The Morgan fingerprint density at radius 1 is 1.27 bits per heavy atom. The molecule has 2 aromatic heterocycles. The maximum atomic E-state index is 10.4. The molecule has 9 nitrogen and oxygen atoms in total. The fourth-order valence-electron chi connectivity index (χ4n) is 2.69. The third-order valence-electron chi connectivity index (χ3n) is 4.26. The van der Waals surface area contributed by atoms with E-state index in [1.807, 2.05) is 24.5 Å². The number of hydrogen-bond acceptors (Lipinski definition) is 7.